The van der Waals surface area contributed by atoms with Crippen LogP contribution < -0.4 is 5.73 Å². The van der Waals surface area contributed by atoms with Crippen molar-refractivity contribution >= 4 is 23.5 Å². The summed E-state index contributed by atoms with van der Waals surface area (Å²) in [6.45, 7) is 5.93. The van der Waals surface area contributed by atoms with Crippen molar-refractivity contribution in [3.05, 3.63) is 17.1 Å². The molecule has 0 atom stereocenters. The number of hydrogen-bond donors (Lipinski definition) is 1. The molecule has 1 aromatic rings. The molecule has 0 saturated heterocycles. The zero-order valence-electron chi connectivity index (χ0n) is 10.5. The molecule has 0 saturated carbocycles. The number of nitrogens with zero attached hydrogens (tertiary/aromatic N) is 2. The van der Waals surface area contributed by atoms with Crippen LogP contribution in [0.25, 0.3) is 0 Å². The van der Waals surface area contributed by atoms with Crippen LogP contribution in [0.5, 0.6) is 0 Å². The van der Waals surface area contributed by atoms with Gasteiger partial charge in [0.25, 0.3) is 0 Å². The lowest BCUT2D eigenvalue weighted by molar-refractivity contribution is 0.0600. The average Bonchev–Trinajstić information content (AvgIpc) is 2.25. The van der Waals surface area contributed by atoms with E-state index in [1.807, 2.05) is 0 Å². The summed E-state index contributed by atoms with van der Waals surface area (Å²) in [6, 6.07) is 0. The molecule has 1 heterocycles. The lowest BCUT2D eigenvalue weighted by atomic mass is 10.2. The molecule has 94 valence electrons. The molecule has 1 rings (SSSR count). The fourth-order valence-corrected chi connectivity index (χ4v) is 1.93. The lowest BCUT2D eigenvalue weighted by Gasteiger charge is -2.09. The highest BCUT2D eigenvalue weighted by Crippen LogP contribution is 2.19. The van der Waals surface area contributed by atoms with Gasteiger partial charge in [0, 0.05) is 0 Å². The van der Waals surface area contributed by atoms with Crippen molar-refractivity contribution in [1.29, 1.82) is 0 Å². The zero-order chi connectivity index (χ0) is 13.0. The number of aryl methyl sites for hydroxylation is 1. The van der Waals surface area contributed by atoms with Gasteiger partial charge >= 0.3 is 5.97 Å². The van der Waals surface area contributed by atoms with Crippen molar-refractivity contribution in [3.63, 3.8) is 0 Å². The van der Waals surface area contributed by atoms with Crippen LogP contribution in [0.15, 0.2) is 0 Å². The number of nitrogens with two attached hydrogens (primary N) is 1. The highest BCUT2D eigenvalue weighted by Gasteiger charge is 2.17. The van der Waals surface area contributed by atoms with Crippen LogP contribution in [0.2, 0.25) is 0 Å². The van der Waals surface area contributed by atoms with Crippen molar-refractivity contribution in [3.8, 4) is 0 Å². The molecule has 0 radical (unpaired) electrons. The van der Waals surface area contributed by atoms with E-state index in [-0.39, 0.29) is 11.4 Å². The van der Waals surface area contributed by atoms with E-state index in [9.17, 15) is 4.79 Å². The summed E-state index contributed by atoms with van der Waals surface area (Å²) >= 11 is 1.73. The summed E-state index contributed by atoms with van der Waals surface area (Å²) < 4.78 is 4.63. The number of carbonyl (C=O) groups is 1. The number of aromatic nitrogens is 2. The van der Waals surface area contributed by atoms with E-state index in [0.717, 1.165) is 0 Å². The van der Waals surface area contributed by atoms with Crippen LogP contribution in [0.3, 0.4) is 0 Å². The van der Waals surface area contributed by atoms with Gasteiger partial charge in [-0.25, -0.2) is 14.8 Å². The molecule has 0 aromatic carbocycles. The molecule has 6 heteroatoms. The first-order valence-corrected chi connectivity index (χ1v) is 6.33. The Hall–Kier alpha value is -1.30. The molecule has 2 N–H and O–H groups in total. The normalized spacial score (nSPS) is 10.6. The first-order chi connectivity index (χ1) is 7.95. The van der Waals surface area contributed by atoms with Crippen LogP contribution in [-0.2, 0) is 10.5 Å². The second kappa shape index (κ2) is 5.86. The molecule has 0 unspecified atom stereocenters. The van der Waals surface area contributed by atoms with Crippen molar-refractivity contribution in [1.82, 2.24) is 9.97 Å². The highest BCUT2D eigenvalue weighted by molar-refractivity contribution is 7.99. The van der Waals surface area contributed by atoms with Crippen LogP contribution in [0.1, 0.15) is 35.7 Å². The van der Waals surface area contributed by atoms with Crippen LogP contribution >= 0.6 is 11.8 Å². The van der Waals surface area contributed by atoms with E-state index in [2.05, 4.69) is 28.6 Å². The maximum Gasteiger partial charge on any atom is 0.343 e. The summed E-state index contributed by atoms with van der Waals surface area (Å²) in [5, 5.41) is 0.500. The Morgan fingerprint density at radius 1 is 1.47 bits per heavy atom. The summed E-state index contributed by atoms with van der Waals surface area (Å²) in [6.07, 6.45) is 0. The third-order valence-electron chi connectivity index (χ3n) is 2.10. The van der Waals surface area contributed by atoms with Gasteiger partial charge < -0.3 is 10.5 Å². The summed E-state index contributed by atoms with van der Waals surface area (Å²) in [4.78, 5) is 19.8. The van der Waals surface area contributed by atoms with Gasteiger partial charge in [0.05, 0.1) is 18.6 Å². The average molecular weight is 255 g/mol. The Morgan fingerprint density at radius 2 is 2.12 bits per heavy atom. The van der Waals surface area contributed by atoms with Crippen molar-refractivity contribution in [2.75, 3.05) is 12.8 Å². The second-order valence-corrected chi connectivity index (χ2v) is 5.40. The Labute approximate surface area is 105 Å². The Bertz CT molecular complexity index is 398. The van der Waals surface area contributed by atoms with E-state index in [0.29, 0.717) is 22.5 Å². The monoisotopic (exact) mass is 255 g/mol. The molecule has 0 bridgehead atoms. The number of hydrogen-bond acceptors (Lipinski definition) is 6. The zero-order valence-corrected chi connectivity index (χ0v) is 11.3. The summed E-state index contributed by atoms with van der Waals surface area (Å²) in [7, 11) is 1.31. The van der Waals surface area contributed by atoms with Gasteiger partial charge in [-0.3, -0.25) is 0 Å². The first-order valence-electron chi connectivity index (χ1n) is 5.28. The predicted octanol–water partition coefficient (Wildman–Crippen LogP) is 1.80. The fourth-order valence-electron chi connectivity index (χ4n) is 1.31. The van der Waals surface area contributed by atoms with Gasteiger partial charge in [-0.15, -0.1) is 0 Å². The quantitative estimate of drug-likeness (QED) is 0.826. The highest BCUT2D eigenvalue weighted by atomic mass is 32.2. The second-order valence-electron chi connectivity index (χ2n) is 3.84. The number of ether oxygens (including phenoxy) is 1. The third kappa shape index (κ3) is 3.59. The SMILES string of the molecule is COC(=O)c1c(C)nc(CSC(C)C)nc1N. The predicted molar refractivity (Wildman–Crippen MR) is 69.0 cm³/mol. The first kappa shape index (κ1) is 13.8. The Morgan fingerprint density at radius 3 is 2.59 bits per heavy atom. The maximum absolute atomic E-state index is 11.4. The van der Waals surface area contributed by atoms with Gasteiger partial charge in [-0.05, 0) is 12.2 Å². The molecule has 1 aromatic heterocycles. The summed E-state index contributed by atoms with van der Waals surface area (Å²) in [5.41, 5.74) is 6.56. The van der Waals surface area contributed by atoms with Crippen LogP contribution in [0, 0.1) is 6.92 Å². The largest absolute Gasteiger partial charge is 0.465 e. The van der Waals surface area contributed by atoms with Crippen molar-refractivity contribution < 1.29 is 9.53 Å². The van der Waals surface area contributed by atoms with Crippen molar-refractivity contribution in [2.24, 2.45) is 0 Å². The van der Waals surface area contributed by atoms with E-state index in [1.54, 1.807) is 18.7 Å². The standard InChI is InChI=1S/C11H17N3O2S/c1-6(2)17-5-8-13-7(3)9(10(12)14-8)11(15)16-4/h6H,5H2,1-4H3,(H2,12,13,14). The summed E-state index contributed by atoms with van der Waals surface area (Å²) in [5.74, 6) is 1.02. The lowest BCUT2D eigenvalue weighted by Crippen LogP contribution is -2.13. The van der Waals surface area contributed by atoms with Gasteiger partial charge in [0.1, 0.15) is 17.2 Å². The fraction of sp³-hybridized carbons (Fsp3) is 0.545. The van der Waals surface area contributed by atoms with E-state index in [4.69, 9.17) is 5.73 Å². The minimum absolute atomic E-state index is 0.184. The topological polar surface area (TPSA) is 78.1 Å². The Kier molecular flexibility index (Phi) is 4.74. The van der Waals surface area contributed by atoms with Crippen LogP contribution in [0.4, 0.5) is 5.82 Å². The minimum atomic E-state index is -0.497. The molecule has 0 spiro atoms. The Balaban J connectivity index is 2.97. The molecule has 17 heavy (non-hydrogen) atoms. The molecule has 0 aliphatic carbocycles. The van der Waals surface area contributed by atoms with Gasteiger partial charge in [-0.2, -0.15) is 11.8 Å². The molecule has 0 fully saturated rings. The van der Waals surface area contributed by atoms with Gasteiger partial charge in [0.2, 0.25) is 0 Å². The number of rotatable bonds is 4. The number of methoxy groups -OCH3 is 1. The van der Waals surface area contributed by atoms with Gasteiger partial charge in [0.15, 0.2) is 0 Å². The number of carbonyl (C=O) groups excluding carboxylic acids is 1. The number of esters is 1. The third-order valence-corrected chi connectivity index (χ3v) is 3.19. The van der Waals surface area contributed by atoms with Gasteiger partial charge in [-0.1, -0.05) is 13.8 Å². The molecule has 0 aliphatic heterocycles. The molecule has 0 amide bonds. The van der Waals surface area contributed by atoms with Crippen molar-refractivity contribution in [2.45, 2.75) is 31.8 Å². The molecule has 0 aliphatic rings. The maximum atomic E-state index is 11.4. The number of anilines is 1. The molecule has 5 nitrogen and oxygen atoms in total. The van der Waals surface area contributed by atoms with E-state index < -0.39 is 5.97 Å². The molecular formula is C11H17N3O2S. The number of nitrogen functional groups attached to an aromatic ring is 1. The minimum Gasteiger partial charge on any atom is -0.465 e. The smallest absolute Gasteiger partial charge is 0.343 e. The van der Waals surface area contributed by atoms with E-state index in [1.165, 1.54) is 7.11 Å². The molecular weight excluding hydrogens is 238 g/mol. The van der Waals surface area contributed by atoms with E-state index >= 15 is 0 Å². The van der Waals surface area contributed by atoms with Crippen LogP contribution in [-0.4, -0.2) is 28.3 Å². The number of thioether (sulfide) groups is 1.